The van der Waals surface area contributed by atoms with E-state index in [-0.39, 0.29) is 23.4 Å². The number of rotatable bonds is 11. The van der Waals surface area contributed by atoms with E-state index < -0.39 is 0 Å². The molecule has 0 aliphatic carbocycles. The molecule has 0 bridgehead atoms. The molecule has 1 atom stereocenters. The van der Waals surface area contributed by atoms with Crippen LogP contribution in [-0.2, 0) is 6.61 Å². The lowest BCUT2D eigenvalue weighted by Crippen LogP contribution is -2.40. The Kier molecular flexibility index (Phi) is 9.40. The van der Waals surface area contributed by atoms with Crippen molar-refractivity contribution >= 4 is 28.8 Å². The highest BCUT2D eigenvalue weighted by molar-refractivity contribution is 7.13. The summed E-state index contributed by atoms with van der Waals surface area (Å²) in [7, 11) is 0. The molecule has 1 fully saturated rings. The number of hydrogen-bond acceptors (Lipinski definition) is 7. The fourth-order valence-electron chi connectivity index (χ4n) is 4.36. The van der Waals surface area contributed by atoms with Gasteiger partial charge in [0.25, 0.3) is 11.8 Å². The van der Waals surface area contributed by atoms with Crippen LogP contribution < -0.4 is 15.4 Å². The Balaban J connectivity index is 1.20. The highest BCUT2D eigenvalue weighted by Gasteiger charge is 2.20. The molecular weight excluding hydrogens is 474 g/mol. The lowest BCUT2D eigenvalue weighted by Gasteiger charge is -2.35. The Hall–Kier alpha value is -3.30. The molecule has 1 aromatic heterocycles. The smallest absolute Gasteiger partial charge is 0.286 e. The van der Waals surface area contributed by atoms with Crippen LogP contribution in [0.2, 0.25) is 0 Å². The minimum atomic E-state index is -0.348. The van der Waals surface area contributed by atoms with Crippen molar-refractivity contribution in [2.75, 3.05) is 25.0 Å². The minimum Gasteiger partial charge on any atom is -0.486 e. The van der Waals surface area contributed by atoms with Crippen molar-refractivity contribution in [1.82, 2.24) is 20.4 Å². The normalized spacial score (nSPS) is 15.9. The number of hydrogen-bond donors (Lipinski definition) is 2. The van der Waals surface area contributed by atoms with Crippen molar-refractivity contribution in [1.29, 1.82) is 0 Å². The number of aromatic nitrogens is 2. The maximum Gasteiger partial charge on any atom is 0.286 e. The molecule has 1 unspecified atom stereocenters. The third-order valence-corrected chi connectivity index (χ3v) is 7.20. The maximum absolute atomic E-state index is 12.5. The average Bonchev–Trinajstić information content (AvgIpc) is 3.40. The molecule has 4 rings (SSSR count). The third kappa shape index (κ3) is 7.35. The first-order valence-corrected chi connectivity index (χ1v) is 13.4. The van der Waals surface area contributed by atoms with Crippen LogP contribution in [0.15, 0.2) is 54.6 Å². The van der Waals surface area contributed by atoms with Gasteiger partial charge in [-0.25, -0.2) is 0 Å². The Morgan fingerprint density at radius 2 is 1.86 bits per heavy atom. The van der Waals surface area contributed by atoms with Crippen LogP contribution in [0.4, 0.5) is 5.69 Å². The van der Waals surface area contributed by atoms with Crippen LogP contribution in [-0.4, -0.2) is 52.6 Å². The van der Waals surface area contributed by atoms with Gasteiger partial charge in [-0.15, -0.1) is 10.2 Å². The second-order valence-corrected chi connectivity index (χ2v) is 9.90. The third-order valence-electron chi connectivity index (χ3n) is 6.30. The minimum absolute atomic E-state index is 0.106. The lowest BCUT2D eigenvalue weighted by molar-refractivity contribution is 0.0946. The van der Waals surface area contributed by atoms with Crippen LogP contribution in [0.3, 0.4) is 0 Å². The molecule has 36 heavy (non-hydrogen) atoms. The van der Waals surface area contributed by atoms with Gasteiger partial charge < -0.3 is 20.3 Å². The van der Waals surface area contributed by atoms with Crippen LogP contribution >= 0.6 is 11.3 Å². The predicted octanol–water partition coefficient (Wildman–Crippen LogP) is 4.75. The number of carbonyl (C=O) groups is 2. The van der Waals surface area contributed by atoms with Gasteiger partial charge >= 0.3 is 0 Å². The summed E-state index contributed by atoms with van der Waals surface area (Å²) in [6.07, 6.45) is 6.02. The zero-order valence-electron chi connectivity index (χ0n) is 20.6. The lowest BCUT2D eigenvalue weighted by atomic mass is 10.00. The van der Waals surface area contributed by atoms with Crippen LogP contribution in [0.25, 0.3) is 0 Å². The molecule has 190 valence electrons. The fourth-order valence-corrected chi connectivity index (χ4v) is 5.01. The monoisotopic (exact) mass is 507 g/mol. The van der Waals surface area contributed by atoms with Crippen LogP contribution in [0.1, 0.15) is 64.2 Å². The fraction of sp³-hybridized carbons (Fsp3) is 0.407. The molecule has 2 aromatic carbocycles. The molecule has 8 nitrogen and oxygen atoms in total. The van der Waals surface area contributed by atoms with Gasteiger partial charge in [-0.2, -0.15) is 0 Å². The van der Waals surface area contributed by atoms with Crippen molar-refractivity contribution in [3.8, 4) is 5.75 Å². The Labute approximate surface area is 216 Å². The van der Waals surface area contributed by atoms with Gasteiger partial charge in [0.2, 0.25) is 5.01 Å². The van der Waals surface area contributed by atoms with Crippen molar-refractivity contribution in [2.24, 2.45) is 0 Å². The molecule has 2 heterocycles. The summed E-state index contributed by atoms with van der Waals surface area (Å²) >= 11 is 1.18. The number of carbonyl (C=O) groups excluding carboxylic acids is 2. The van der Waals surface area contributed by atoms with Gasteiger partial charge in [-0.1, -0.05) is 42.9 Å². The first kappa shape index (κ1) is 25.8. The van der Waals surface area contributed by atoms with E-state index >= 15 is 0 Å². The van der Waals surface area contributed by atoms with Crippen molar-refractivity contribution in [2.45, 2.75) is 51.7 Å². The number of nitrogens with one attached hydrogen (secondary N) is 2. The molecule has 2 amide bonds. The summed E-state index contributed by atoms with van der Waals surface area (Å²) in [6, 6.07) is 16.9. The molecule has 1 saturated heterocycles. The molecule has 1 aliphatic rings. The molecule has 0 spiro atoms. The second-order valence-electron chi connectivity index (χ2n) is 8.84. The van der Waals surface area contributed by atoms with Gasteiger partial charge in [0, 0.05) is 30.4 Å². The number of likely N-dealkylation sites (tertiary alicyclic amines) is 1. The topological polar surface area (TPSA) is 96.5 Å². The van der Waals surface area contributed by atoms with E-state index in [1.807, 2.05) is 30.3 Å². The van der Waals surface area contributed by atoms with E-state index in [9.17, 15) is 9.59 Å². The SMILES string of the molecule is CCC1CCCCN1CCCNC(=O)c1ccc(NC(=O)c2nnc(COc3ccccc3)s2)cc1. The molecule has 9 heteroatoms. The largest absolute Gasteiger partial charge is 0.486 e. The number of para-hydroxylation sites is 1. The zero-order chi connectivity index (χ0) is 25.2. The quantitative estimate of drug-likeness (QED) is 0.364. The Morgan fingerprint density at radius 1 is 1.06 bits per heavy atom. The van der Waals surface area contributed by atoms with Gasteiger partial charge in [0.1, 0.15) is 12.4 Å². The molecule has 0 saturated carbocycles. The number of nitrogens with zero attached hydrogens (tertiary/aromatic N) is 3. The Bertz CT molecular complexity index is 1120. The van der Waals surface area contributed by atoms with Crippen LogP contribution in [0, 0.1) is 0 Å². The summed E-state index contributed by atoms with van der Waals surface area (Å²) in [5.74, 6) is 0.277. The summed E-state index contributed by atoms with van der Waals surface area (Å²) in [5, 5.41) is 14.7. The van der Waals surface area contributed by atoms with E-state index in [4.69, 9.17) is 4.74 Å². The highest BCUT2D eigenvalue weighted by Crippen LogP contribution is 2.20. The van der Waals surface area contributed by atoms with Crippen molar-refractivity contribution in [3.63, 3.8) is 0 Å². The first-order chi connectivity index (χ1) is 17.6. The number of benzene rings is 2. The van der Waals surface area contributed by atoms with Gasteiger partial charge in [-0.3, -0.25) is 9.59 Å². The first-order valence-electron chi connectivity index (χ1n) is 12.6. The average molecular weight is 508 g/mol. The zero-order valence-corrected chi connectivity index (χ0v) is 21.4. The van der Waals surface area contributed by atoms with Gasteiger partial charge in [0.05, 0.1) is 0 Å². The van der Waals surface area contributed by atoms with Gasteiger partial charge in [0.15, 0.2) is 5.01 Å². The summed E-state index contributed by atoms with van der Waals surface area (Å²) in [5.41, 5.74) is 1.15. The van der Waals surface area contributed by atoms with E-state index in [1.165, 1.54) is 43.6 Å². The molecule has 0 radical (unpaired) electrons. The Morgan fingerprint density at radius 3 is 2.64 bits per heavy atom. The molecule has 3 aromatic rings. The molecule has 2 N–H and O–H groups in total. The van der Waals surface area contributed by atoms with Crippen molar-refractivity contribution in [3.05, 3.63) is 70.2 Å². The maximum atomic E-state index is 12.5. The summed E-state index contributed by atoms with van der Waals surface area (Å²) in [6.45, 7) is 5.34. The number of anilines is 1. The standard InChI is InChI=1S/C27H33N5O3S/c1-2-22-9-6-7-17-32(22)18-8-16-28-25(33)20-12-14-21(15-13-20)29-26(34)27-31-30-24(36-27)19-35-23-10-4-3-5-11-23/h3-5,10-15,22H,2,6-9,16-19H2,1H3,(H,28,33)(H,29,34). The number of amides is 2. The van der Waals surface area contributed by atoms with Crippen molar-refractivity contribution < 1.29 is 14.3 Å². The van der Waals surface area contributed by atoms with Gasteiger partial charge in [-0.05, 0) is 68.6 Å². The highest BCUT2D eigenvalue weighted by atomic mass is 32.1. The predicted molar refractivity (Wildman–Crippen MR) is 142 cm³/mol. The van der Waals surface area contributed by atoms with E-state index in [2.05, 4.69) is 32.7 Å². The van der Waals surface area contributed by atoms with E-state index in [1.54, 1.807) is 24.3 Å². The van der Waals surface area contributed by atoms with E-state index in [0.717, 1.165) is 18.7 Å². The van der Waals surface area contributed by atoms with E-state index in [0.29, 0.717) is 28.8 Å². The number of ether oxygens (including phenoxy) is 1. The molecule has 1 aliphatic heterocycles. The second kappa shape index (κ2) is 13.1. The summed E-state index contributed by atoms with van der Waals surface area (Å²) < 4.78 is 5.65. The summed E-state index contributed by atoms with van der Waals surface area (Å²) in [4.78, 5) is 27.6. The number of piperidine rings is 1. The molecular formula is C27H33N5O3S. The van der Waals surface area contributed by atoms with Crippen LogP contribution in [0.5, 0.6) is 5.75 Å².